The maximum Gasteiger partial charge on any atom is 0.136 e. The highest BCUT2D eigenvalue weighted by atomic mass is 35.5. The number of alkyl halides is 1. The number of hydrogen-bond acceptors (Lipinski definition) is 3. The van der Waals surface area contributed by atoms with Crippen LogP contribution in [0.2, 0.25) is 0 Å². The van der Waals surface area contributed by atoms with Crippen molar-refractivity contribution in [2.75, 3.05) is 32.2 Å². The van der Waals surface area contributed by atoms with Gasteiger partial charge in [-0.3, -0.25) is 0 Å². The number of halogens is 1. The lowest BCUT2D eigenvalue weighted by molar-refractivity contribution is 0.196. The Labute approximate surface area is 119 Å². The SMILES string of the molecule is COCCCN(C)c1nc(CCl)cc2ccccc12. The molecule has 102 valence electrons. The Morgan fingerprint density at radius 3 is 2.84 bits per heavy atom. The van der Waals surface area contributed by atoms with Crippen LogP contribution in [0.15, 0.2) is 30.3 Å². The lowest BCUT2D eigenvalue weighted by Crippen LogP contribution is -2.21. The van der Waals surface area contributed by atoms with Gasteiger partial charge in [0.15, 0.2) is 0 Å². The average Bonchev–Trinajstić information content (AvgIpc) is 2.46. The summed E-state index contributed by atoms with van der Waals surface area (Å²) in [6, 6.07) is 10.3. The van der Waals surface area contributed by atoms with Gasteiger partial charge in [0.1, 0.15) is 5.82 Å². The molecule has 0 aliphatic rings. The molecule has 2 aromatic rings. The first kappa shape index (κ1) is 14.1. The van der Waals surface area contributed by atoms with Gasteiger partial charge in [-0.05, 0) is 17.9 Å². The number of methoxy groups -OCH3 is 1. The number of hydrogen-bond donors (Lipinski definition) is 0. The zero-order valence-corrected chi connectivity index (χ0v) is 12.2. The number of pyridine rings is 1. The zero-order valence-electron chi connectivity index (χ0n) is 11.4. The van der Waals surface area contributed by atoms with E-state index in [4.69, 9.17) is 16.3 Å². The van der Waals surface area contributed by atoms with Gasteiger partial charge in [-0.25, -0.2) is 4.98 Å². The Morgan fingerprint density at radius 2 is 2.11 bits per heavy atom. The Bertz CT molecular complexity index is 545. The van der Waals surface area contributed by atoms with Crippen LogP contribution in [0.25, 0.3) is 10.8 Å². The molecule has 0 atom stereocenters. The van der Waals surface area contributed by atoms with Crippen molar-refractivity contribution < 1.29 is 4.74 Å². The Morgan fingerprint density at radius 1 is 1.32 bits per heavy atom. The number of aromatic nitrogens is 1. The fraction of sp³-hybridized carbons (Fsp3) is 0.400. The molecule has 0 spiro atoms. The van der Waals surface area contributed by atoms with E-state index in [2.05, 4.69) is 35.1 Å². The number of ether oxygens (including phenoxy) is 1. The predicted octanol–water partition coefficient (Wildman–Crippen LogP) is 3.45. The van der Waals surface area contributed by atoms with E-state index in [-0.39, 0.29) is 0 Å². The molecular formula is C15H19ClN2O. The van der Waals surface area contributed by atoms with E-state index >= 15 is 0 Å². The summed E-state index contributed by atoms with van der Waals surface area (Å²) < 4.78 is 5.09. The molecule has 0 aliphatic carbocycles. The Balaban J connectivity index is 2.34. The van der Waals surface area contributed by atoms with Crippen LogP contribution >= 0.6 is 11.6 Å². The first-order valence-electron chi connectivity index (χ1n) is 6.41. The Kier molecular flexibility index (Phi) is 5.00. The lowest BCUT2D eigenvalue weighted by atomic mass is 10.1. The van der Waals surface area contributed by atoms with Crippen molar-refractivity contribution in [1.29, 1.82) is 0 Å². The lowest BCUT2D eigenvalue weighted by Gasteiger charge is -2.20. The topological polar surface area (TPSA) is 25.4 Å². The molecule has 0 amide bonds. The van der Waals surface area contributed by atoms with E-state index in [1.54, 1.807) is 7.11 Å². The van der Waals surface area contributed by atoms with Gasteiger partial charge in [0.05, 0.1) is 11.6 Å². The highest BCUT2D eigenvalue weighted by molar-refractivity contribution is 6.17. The van der Waals surface area contributed by atoms with Crippen LogP contribution in [0.4, 0.5) is 5.82 Å². The summed E-state index contributed by atoms with van der Waals surface area (Å²) in [5.41, 5.74) is 0.911. The summed E-state index contributed by atoms with van der Waals surface area (Å²) in [6.45, 7) is 1.67. The van der Waals surface area contributed by atoms with Gasteiger partial charge < -0.3 is 9.64 Å². The van der Waals surface area contributed by atoms with Gasteiger partial charge in [-0.2, -0.15) is 0 Å². The number of fused-ring (bicyclic) bond motifs is 1. The number of benzene rings is 1. The van der Waals surface area contributed by atoms with Crippen molar-refractivity contribution in [3.05, 3.63) is 36.0 Å². The fourth-order valence-electron chi connectivity index (χ4n) is 2.15. The van der Waals surface area contributed by atoms with E-state index in [1.807, 2.05) is 12.1 Å². The van der Waals surface area contributed by atoms with Crippen molar-refractivity contribution >= 4 is 28.2 Å². The summed E-state index contributed by atoms with van der Waals surface area (Å²) in [4.78, 5) is 6.82. The molecule has 4 heteroatoms. The largest absolute Gasteiger partial charge is 0.385 e. The van der Waals surface area contributed by atoms with Gasteiger partial charge in [0, 0.05) is 32.7 Å². The van der Waals surface area contributed by atoms with Gasteiger partial charge in [-0.1, -0.05) is 24.3 Å². The van der Waals surface area contributed by atoms with E-state index in [1.165, 1.54) is 5.39 Å². The Hall–Kier alpha value is -1.32. The maximum atomic E-state index is 5.93. The van der Waals surface area contributed by atoms with E-state index in [0.717, 1.165) is 36.5 Å². The van der Waals surface area contributed by atoms with Crippen LogP contribution in [0.3, 0.4) is 0 Å². The van der Waals surface area contributed by atoms with E-state index in [9.17, 15) is 0 Å². The van der Waals surface area contributed by atoms with Crippen LogP contribution in [0.1, 0.15) is 12.1 Å². The van der Waals surface area contributed by atoms with Crippen LogP contribution < -0.4 is 4.90 Å². The first-order valence-corrected chi connectivity index (χ1v) is 6.94. The minimum absolute atomic E-state index is 0.434. The zero-order chi connectivity index (χ0) is 13.7. The van der Waals surface area contributed by atoms with Crippen molar-refractivity contribution in [2.45, 2.75) is 12.3 Å². The van der Waals surface area contributed by atoms with Gasteiger partial charge in [0.2, 0.25) is 0 Å². The summed E-state index contributed by atoms with van der Waals surface area (Å²) in [6.07, 6.45) is 0.980. The van der Waals surface area contributed by atoms with Crippen LogP contribution in [0.5, 0.6) is 0 Å². The molecule has 1 heterocycles. The van der Waals surface area contributed by atoms with Crippen molar-refractivity contribution in [2.24, 2.45) is 0 Å². The summed E-state index contributed by atoms with van der Waals surface area (Å²) in [5.74, 6) is 1.42. The molecule has 0 radical (unpaired) electrons. The normalized spacial score (nSPS) is 10.9. The quantitative estimate of drug-likeness (QED) is 0.598. The minimum atomic E-state index is 0.434. The fourth-order valence-corrected chi connectivity index (χ4v) is 2.28. The molecule has 1 aromatic heterocycles. The standard InChI is InChI=1S/C15H19ClN2O/c1-18(8-5-9-19-2)15-14-7-4-3-6-12(14)10-13(11-16)17-15/h3-4,6-7,10H,5,8-9,11H2,1-2H3. The highest BCUT2D eigenvalue weighted by Crippen LogP contribution is 2.25. The van der Waals surface area contributed by atoms with Gasteiger partial charge in [0.25, 0.3) is 0 Å². The number of nitrogens with zero attached hydrogens (tertiary/aromatic N) is 2. The van der Waals surface area contributed by atoms with Crippen molar-refractivity contribution in [3.8, 4) is 0 Å². The first-order chi connectivity index (χ1) is 9.26. The molecule has 0 saturated carbocycles. The van der Waals surface area contributed by atoms with Crippen molar-refractivity contribution in [3.63, 3.8) is 0 Å². The second-order valence-electron chi connectivity index (χ2n) is 4.56. The second-order valence-corrected chi connectivity index (χ2v) is 4.83. The summed E-state index contributed by atoms with van der Waals surface area (Å²) >= 11 is 5.93. The van der Waals surface area contributed by atoms with Crippen LogP contribution in [0, 0.1) is 0 Å². The molecular weight excluding hydrogens is 260 g/mol. The molecule has 2 rings (SSSR count). The average molecular weight is 279 g/mol. The van der Waals surface area contributed by atoms with Crippen LogP contribution in [-0.2, 0) is 10.6 Å². The van der Waals surface area contributed by atoms with Gasteiger partial charge in [-0.15, -0.1) is 11.6 Å². The predicted molar refractivity (Wildman–Crippen MR) is 81.1 cm³/mol. The number of rotatable bonds is 6. The molecule has 1 aromatic carbocycles. The molecule has 0 fully saturated rings. The molecule has 0 bridgehead atoms. The molecule has 0 aliphatic heterocycles. The molecule has 0 unspecified atom stereocenters. The van der Waals surface area contributed by atoms with Crippen molar-refractivity contribution in [1.82, 2.24) is 4.98 Å². The molecule has 19 heavy (non-hydrogen) atoms. The third kappa shape index (κ3) is 3.37. The third-order valence-corrected chi connectivity index (χ3v) is 3.39. The molecule has 0 saturated heterocycles. The summed E-state index contributed by atoms with van der Waals surface area (Å²) in [5, 5.41) is 2.35. The van der Waals surface area contributed by atoms with E-state index < -0.39 is 0 Å². The van der Waals surface area contributed by atoms with E-state index in [0.29, 0.717) is 5.88 Å². The minimum Gasteiger partial charge on any atom is -0.385 e. The van der Waals surface area contributed by atoms with Crippen LogP contribution in [-0.4, -0.2) is 32.3 Å². The summed E-state index contributed by atoms with van der Waals surface area (Å²) in [7, 11) is 3.78. The number of anilines is 1. The molecule has 0 N–H and O–H groups in total. The highest BCUT2D eigenvalue weighted by Gasteiger charge is 2.09. The van der Waals surface area contributed by atoms with Gasteiger partial charge >= 0.3 is 0 Å². The molecule has 3 nitrogen and oxygen atoms in total. The monoisotopic (exact) mass is 278 g/mol. The third-order valence-electron chi connectivity index (χ3n) is 3.11. The second kappa shape index (κ2) is 6.73. The smallest absolute Gasteiger partial charge is 0.136 e. The maximum absolute atomic E-state index is 5.93.